The lowest BCUT2D eigenvalue weighted by molar-refractivity contribution is -0.115. The van der Waals surface area contributed by atoms with Gasteiger partial charge in [-0.05, 0) is 18.2 Å². The first-order valence-corrected chi connectivity index (χ1v) is 6.24. The molecule has 0 unspecified atom stereocenters. The number of rotatable bonds is 6. The van der Waals surface area contributed by atoms with Gasteiger partial charge in [-0.25, -0.2) is 4.79 Å². The van der Waals surface area contributed by atoms with Gasteiger partial charge in [0, 0.05) is 25.7 Å². The minimum atomic E-state index is -1.07. The number of hydrogen-bond acceptors (Lipinski definition) is 4. The maximum atomic E-state index is 11.3. The lowest BCUT2D eigenvalue weighted by Crippen LogP contribution is -2.21. The van der Waals surface area contributed by atoms with Gasteiger partial charge in [-0.2, -0.15) is 5.26 Å². The topological polar surface area (TPSA) is 93.4 Å². The van der Waals surface area contributed by atoms with Crippen molar-refractivity contribution in [2.24, 2.45) is 0 Å². The summed E-state index contributed by atoms with van der Waals surface area (Å²) in [4.78, 5) is 24.3. The van der Waals surface area contributed by atoms with E-state index in [1.165, 1.54) is 6.07 Å². The number of benzene rings is 1. The molecule has 2 N–H and O–H groups in total. The number of nitriles is 1. The molecule has 0 heterocycles. The maximum absolute atomic E-state index is 11.3. The van der Waals surface area contributed by atoms with Crippen LogP contribution >= 0.6 is 0 Å². The highest BCUT2D eigenvalue weighted by molar-refractivity contribution is 5.98. The van der Waals surface area contributed by atoms with Crippen molar-refractivity contribution in [1.82, 2.24) is 0 Å². The Labute approximate surface area is 117 Å². The van der Waals surface area contributed by atoms with E-state index in [0.717, 1.165) is 0 Å². The Morgan fingerprint density at radius 3 is 2.70 bits per heavy atom. The number of carbonyl (C=O) groups is 2. The van der Waals surface area contributed by atoms with Gasteiger partial charge in [-0.1, -0.05) is 6.92 Å². The van der Waals surface area contributed by atoms with Gasteiger partial charge in [-0.3, -0.25) is 4.79 Å². The standard InChI is InChI=1S/C14H17N3O3/c1-3-13(18)16-10-5-6-12(11(9-10)14(19)20)17(2)8-4-7-15/h5-6,9H,3-4,8H2,1-2H3,(H,16,18)(H,19,20). The Morgan fingerprint density at radius 2 is 2.15 bits per heavy atom. The minimum Gasteiger partial charge on any atom is -0.478 e. The summed E-state index contributed by atoms with van der Waals surface area (Å²) in [6.07, 6.45) is 0.635. The molecular formula is C14H17N3O3. The molecule has 0 aromatic heterocycles. The number of nitrogens with one attached hydrogen (secondary N) is 1. The Bertz CT molecular complexity index is 549. The number of hydrogen-bond donors (Lipinski definition) is 2. The third kappa shape index (κ3) is 3.99. The van der Waals surface area contributed by atoms with Crippen molar-refractivity contribution in [3.05, 3.63) is 23.8 Å². The molecule has 6 heteroatoms. The summed E-state index contributed by atoms with van der Waals surface area (Å²) in [6, 6.07) is 6.72. The quantitative estimate of drug-likeness (QED) is 0.829. The van der Waals surface area contributed by atoms with E-state index >= 15 is 0 Å². The Morgan fingerprint density at radius 1 is 1.45 bits per heavy atom. The number of carboxylic acid groups (broad SMARTS) is 1. The van der Waals surface area contributed by atoms with Crippen molar-refractivity contribution in [3.8, 4) is 6.07 Å². The highest BCUT2D eigenvalue weighted by Crippen LogP contribution is 2.24. The summed E-state index contributed by atoms with van der Waals surface area (Å²) in [6.45, 7) is 2.16. The first-order valence-electron chi connectivity index (χ1n) is 6.24. The van der Waals surface area contributed by atoms with E-state index in [-0.39, 0.29) is 11.5 Å². The van der Waals surface area contributed by atoms with Gasteiger partial charge in [0.2, 0.25) is 5.91 Å². The molecule has 0 saturated carbocycles. The summed E-state index contributed by atoms with van der Waals surface area (Å²) in [5, 5.41) is 20.4. The minimum absolute atomic E-state index is 0.0966. The molecule has 0 saturated heterocycles. The zero-order valence-electron chi connectivity index (χ0n) is 11.5. The first kappa shape index (κ1) is 15.5. The molecule has 0 fully saturated rings. The second kappa shape index (κ2) is 7.14. The van der Waals surface area contributed by atoms with Crippen LogP contribution in [0.3, 0.4) is 0 Å². The van der Waals surface area contributed by atoms with Gasteiger partial charge < -0.3 is 15.3 Å². The third-order valence-corrected chi connectivity index (χ3v) is 2.80. The van der Waals surface area contributed by atoms with Crippen LogP contribution in [0.4, 0.5) is 11.4 Å². The van der Waals surface area contributed by atoms with E-state index < -0.39 is 5.97 Å². The molecule has 0 atom stereocenters. The predicted octanol–water partition coefficient (Wildman–Crippen LogP) is 2.08. The molecule has 6 nitrogen and oxygen atoms in total. The molecule has 1 amide bonds. The van der Waals surface area contributed by atoms with Crippen molar-refractivity contribution < 1.29 is 14.7 Å². The van der Waals surface area contributed by atoms with Crippen LogP contribution in [-0.2, 0) is 4.79 Å². The Hall–Kier alpha value is -2.55. The Balaban J connectivity index is 3.05. The highest BCUT2D eigenvalue weighted by atomic mass is 16.4. The smallest absolute Gasteiger partial charge is 0.337 e. The molecule has 0 aliphatic heterocycles. The fourth-order valence-corrected chi connectivity index (χ4v) is 1.71. The zero-order valence-corrected chi connectivity index (χ0v) is 11.5. The molecule has 0 radical (unpaired) electrons. The average Bonchev–Trinajstić information content (AvgIpc) is 2.44. The lowest BCUT2D eigenvalue weighted by atomic mass is 10.1. The van der Waals surface area contributed by atoms with Crippen LogP contribution < -0.4 is 10.2 Å². The van der Waals surface area contributed by atoms with E-state index in [1.807, 2.05) is 6.07 Å². The Kier molecular flexibility index (Phi) is 5.54. The molecule has 1 rings (SSSR count). The summed E-state index contributed by atoms with van der Waals surface area (Å²) in [5.41, 5.74) is 1.06. The van der Waals surface area contributed by atoms with Crippen LogP contribution in [0.15, 0.2) is 18.2 Å². The number of aromatic carboxylic acids is 1. The summed E-state index contributed by atoms with van der Waals surface area (Å²) >= 11 is 0. The third-order valence-electron chi connectivity index (χ3n) is 2.80. The average molecular weight is 275 g/mol. The molecule has 1 aromatic rings. The van der Waals surface area contributed by atoms with Crippen LogP contribution in [-0.4, -0.2) is 30.6 Å². The van der Waals surface area contributed by atoms with Crippen molar-refractivity contribution in [2.45, 2.75) is 19.8 Å². The van der Waals surface area contributed by atoms with Gasteiger partial charge in [-0.15, -0.1) is 0 Å². The predicted molar refractivity (Wildman–Crippen MR) is 75.8 cm³/mol. The molecule has 0 aliphatic carbocycles. The number of carboxylic acids is 1. The molecule has 0 spiro atoms. The van der Waals surface area contributed by atoms with Crippen molar-refractivity contribution in [3.63, 3.8) is 0 Å². The fraction of sp³-hybridized carbons (Fsp3) is 0.357. The number of anilines is 2. The van der Waals surface area contributed by atoms with Crippen molar-refractivity contribution in [1.29, 1.82) is 5.26 Å². The van der Waals surface area contributed by atoms with Crippen molar-refractivity contribution in [2.75, 3.05) is 23.8 Å². The number of carbonyl (C=O) groups excluding carboxylic acids is 1. The summed E-state index contributed by atoms with van der Waals surface area (Å²) in [5.74, 6) is -1.25. The van der Waals surface area contributed by atoms with E-state index in [9.17, 15) is 14.7 Å². The summed E-state index contributed by atoms with van der Waals surface area (Å²) in [7, 11) is 1.73. The zero-order chi connectivity index (χ0) is 15.1. The molecule has 1 aromatic carbocycles. The van der Waals surface area contributed by atoms with Crippen LogP contribution in [0.1, 0.15) is 30.1 Å². The van der Waals surface area contributed by atoms with Gasteiger partial charge in [0.1, 0.15) is 0 Å². The van der Waals surface area contributed by atoms with Crippen LogP contribution in [0.2, 0.25) is 0 Å². The van der Waals surface area contributed by atoms with Crippen LogP contribution in [0.25, 0.3) is 0 Å². The normalized spacial score (nSPS) is 9.65. The molecule has 0 aliphatic rings. The molecule has 20 heavy (non-hydrogen) atoms. The van der Waals surface area contributed by atoms with Gasteiger partial charge >= 0.3 is 5.97 Å². The number of nitrogens with zero attached hydrogens (tertiary/aromatic N) is 2. The first-order chi connectivity index (χ1) is 9.49. The second-order valence-corrected chi connectivity index (χ2v) is 4.27. The molecular weight excluding hydrogens is 258 g/mol. The van der Waals surface area contributed by atoms with E-state index in [0.29, 0.717) is 30.8 Å². The maximum Gasteiger partial charge on any atom is 0.337 e. The van der Waals surface area contributed by atoms with E-state index in [2.05, 4.69) is 5.32 Å². The van der Waals surface area contributed by atoms with Gasteiger partial charge in [0.05, 0.1) is 23.7 Å². The van der Waals surface area contributed by atoms with Gasteiger partial charge in [0.25, 0.3) is 0 Å². The molecule has 106 valence electrons. The number of amides is 1. The molecule has 0 bridgehead atoms. The van der Waals surface area contributed by atoms with Crippen LogP contribution in [0.5, 0.6) is 0 Å². The van der Waals surface area contributed by atoms with E-state index in [4.69, 9.17) is 5.26 Å². The monoisotopic (exact) mass is 275 g/mol. The van der Waals surface area contributed by atoms with Gasteiger partial charge in [0.15, 0.2) is 0 Å². The van der Waals surface area contributed by atoms with Crippen LogP contribution in [0, 0.1) is 11.3 Å². The lowest BCUT2D eigenvalue weighted by Gasteiger charge is -2.20. The van der Waals surface area contributed by atoms with Crippen molar-refractivity contribution >= 4 is 23.3 Å². The van der Waals surface area contributed by atoms with E-state index in [1.54, 1.807) is 31.0 Å². The summed E-state index contributed by atoms with van der Waals surface area (Å²) < 4.78 is 0. The highest BCUT2D eigenvalue weighted by Gasteiger charge is 2.14. The SMILES string of the molecule is CCC(=O)Nc1ccc(N(C)CCC#N)c(C(=O)O)c1. The second-order valence-electron chi connectivity index (χ2n) is 4.27. The largest absolute Gasteiger partial charge is 0.478 e. The fourth-order valence-electron chi connectivity index (χ4n) is 1.71.